The summed E-state index contributed by atoms with van der Waals surface area (Å²) in [5.74, 6) is 0.937. The van der Waals surface area contributed by atoms with Crippen molar-refractivity contribution in [2.45, 2.75) is 57.4 Å². The molecule has 3 heteroatoms. The lowest BCUT2D eigenvalue weighted by atomic mass is 9.86. The van der Waals surface area contributed by atoms with Gasteiger partial charge in [-0.15, -0.1) is 0 Å². The summed E-state index contributed by atoms with van der Waals surface area (Å²) in [6, 6.07) is 10.8. The summed E-state index contributed by atoms with van der Waals surface area (Å²) in [7, 11) is 2.01. The SMILES string of the molecule is CN(C(=O)CC1CCCCC1)C(CN1CCCC1)c1ccccc1. The quantitative estimate of drug-likeness (QED) is 0.779. The van der Waals surface area contributed by atoms with Crippen LogP contribution >= 0.6 is 0 Å². The molecule has 132 valence electrons. The van der Waals surface area contributed by atoms with Gasteiger partial charge in [0.25, 0.3) is 0 Å². The molecule has 1 amide bonds. The van der Waals surface area contributed by atoms with Crippen LogP contribution in [0, 0.1) is 5.92 Å². The van der Waals surface area contributed by atoms with Crippen molar-refractivity contribution in [3.05, 3.63) is 35.9 Å². The fraction of sp³-hybridized carbons (Fsp3) is 0.667. The Hall–Kier alpha value is -1.35. The molecule has 1 saturated carbocycles. The van der Waals surface area contributed by atoms with E-state index in [1.807, 2.05) is 11.9 Å². The van der Waals surface area contributed by atoms with Crippen LogP contribution in [0.4, 0.5) is 0 Å². The lowest BCUT2D eigenvalue weighted by molar-refractivity contribution is -0.133. The van der Waals surface area contributed by atoms with Crippen molar-refractivity contribution in [3.63, 3.8) is 0 Å². The zero-order chi connectivity index (χ0) is 16.8. The third-order valence-corrected chi connectivity index (χ3v) is 5.86. The van der Waals surface area contributed by atoms with Gasteiger partial charge in [-0.3, -0.25) is 4.79 Å². The molecule has 1 heterocycles. The van der Waals surface area contributed by atoms with Gasteiger partial charge in [-0.2, -0.15) is 0 Å². The Balaban J connectivity index is 1.67. The van der Waals surface area contributed by atoms with E-state index in [9.17, 15) is 4.79 Å². The monoisotopic (exact) mass is 328 g/mol. The molecule has 0 spiro atoms. The van der Waals surface area contributed by atoms with Crippen molar-refractivity contribution < 1.29 is 4.79 Å². The van der Waals surface area contributed by atoms with Gasteiger partial charge in [-0.05, 0) is 50.3 Å². The van der Waals surface area contributed by atoms with Crippen LogP contribution in [-0.2, 0) is 4.79 Å². The molecule has 1 aliphatic carbocycles. The van der Waals surface area contributed by atoms with Crippen LogP contribution in [0.2, 0.25) is 0 Å². The van der Waals surface area contributed by atoms with Crippen LogP contribution in [0.1, 0.15) is 63.0 Å². The highest BCUT2D eigenvalue weighted by molar-refractivity contribution is 5.76. The van der Waals surface area contributed by atoms with Crippen LogP contribution in [0.25, 0.3) is 0 Å². The van der Waals surface area contributed by atoms with Crippen molar-refractivity contribution in [1.82, 2.24) is 9.80 Å². The van der Waals surface area contributed by atoms with E-state index >= 15 is 0 Å². The molecule has 24 heavy (non-hydrogen) atoms. The molecule has 1 aliphatic heterocycles. The molecule has 3 nitrogen and oxygen atoms in total. The first kappa shape index (κ1) is 17.5. The molecular formula is C21H32N2O. The molecule has 2 aliphatic rings. The van der Waals surface area contributed by atoms with Gasteiger partial charge in [0.15, 0.2) is 0 Å². The zero-order valence-electron chi connectivity index (χ0n) is 15.1. The van der Waals surface area contributed by atoms with Crippen molar-refractivity contribution in [1.29, 1.82) is 0 Å². The van der Waals surface area contributed by atoms with Gasteiger partial charge in [0.2, 0.25) is 5.91 Å². The second-order valence-electron chi connectivity index (χ2n) is 7.65. The maximum atomic E-state index is 12.9. The largest absolute Gasteiger partial charge is 0.337 e. The fourth-order valence-electron chi connectivity index (χ4n) is 4.29. The second-order valence-corrected chi connectivity index (χ2v) is 7.65. The number of carbonyl (C=O) groups is 1. The lowest BCUT2D eigenvalue weighted by Gasteiger charge is -2.33. The standard InChI is InChI=1S/C21H32N2O/c1-22(21(24)16-18-10-4-2-5-11-18)20(17-23-14-8-9-15-23)19-12-6-3-7-13-19/h3,6-7,12-13,18,20H,2,4-5,8-11,14-17H2,1H3. The Kier molecular flexibility index (Phi) is 6.30. The highest BCUT2D eigenvalue weighted by Gasteiger charge is 2.27. The molecule has 3 rings (SSSR count). The number of likely N-dealkylation sites (N-methyl/N-ethyl adjacent to an activating group) is 1. The van der Waals surface area contributed by atoms with Gasteiger partial charge in [0, 0.05) is 20.0 Å². The highest BCUT2D eigenvalue weighted by Crippen LogP contribution is 2.29. The van der Waals surface area contributed by atoms with Gasteiger partial charge in [0.1, 0.15) is 0 Å². The Morgan fingerprint density at radius 1 is 1.08 bits per heavy atom. The minimum atomic E-state index is 0.181. The summed E-state index contributed by atoms with van der Waals surface area (Å²) in [6.07, 6.45) is 9.75. The van der Waals surface area contributed by atoms with E-state index in [1.54, 1.807) is 0 Å². The van der Waals surface area contributed by atoms with E-state index in [4.69, 9.17) is 0 Å². The average molecular weight is 328 g/mol. The number of carbonyl (C=O) groups excluding carboxylic acids is 1. The van der Waals surface area contributed by atoms with E-state index in [0.717, 1.165) is 13.0 Å². The van der Waals surface area contributed by atoms with Crippen LogP contribution in [0.5, 0.6) is 0 Å². The second kappa shape index (κ2) is 8.66. The third-order valence-electron chi connectivity index (χ3n) is 5.86. The van der Waals surface area contributed by atoms with Crippen LogP contribution in [0.15, 0.2) is 30.3 Å². The molecule has 1 unspecified atom stereocenters. The van der Waals surface area contributed by atoms with Gasteiger partial charge in [0.05, 0.1) is 6.04 Å². The predicted octanol–water partition coefficient (Wildman–Crippen LogP) is 4.25. The number of hydrogen-bond acceptors (Lipinski definition) is 2. The van der Waals surface area contributed by atoms with Crippen molar-refractivity contribution in [3.8, 4) is 0 Å². The Labute approximate surface area is 147 Å². The zero-order valence-corrected chi connectivity index (χ0v) is 15.1. The Morgan fingerprint density at radius 3 is 2.42 bits per heavy atom. The molecule has 1 aromatic rings. The van der Waals surface area contributed by atoms with Gasteiger partial charge < -0.3 is 9.80 Å². The minimum absolute atomic E-state index is 0.181. The van der Waals surface area contributed by atoms with E-state index in [0.29, 0.717) is 11.8 Å². The molecule has 0 bridgehead atoms. The summed E-state index contributed by atoms with van der Waals surface area (Å²) in [5, 5.41) is 0. The summed E-state index contributed by atoms with van der Waals surface area (Å²) < 4.78 is 0. The molecule has 2 fully saturated rings. The maximum Gasteiger partial charge on any atom is 0.223 e. The first-order valence-corrected chi connectivity index (χ1v) is 9.77. The molecule has 1 aromatic carbocycles. The Bertz CT molecular complexity index is 504. The minimum Gasteiger partial charge on any atom is -0.337 e. The van der Waals surface area contributed by atoms with Crippen LogP contribution in [-0.4, -0.2) is 42.4 Å². The first-order chi connectivity index (χ1) is 11.7. The van der Waals surface area contributed by atoms with E-state index in [2.05, 4.69) is 35.2 Å². The topological polar surface area (TPSA) is 23.6 Å². The number of benzene rings is 1. The summed E-state index contributed by atoms with van der Waals surface area (Å²) >= 11 is 0. The molecule has 0 aromatic heterocycles. The Morgan fingerprint density at radius 2 is 1.75 bits per heavy atom. The predicted molar refractivity (Wildman–Crippen MR) is 98.8 cm³/mol. The molecular weight excluding hydrogens is 296 g/mol. The first-order valence-electron chi connectivity index (χ1n) is 9.77. The van der Waals surface area contributed by atoms with Gasteiger partial charge in [-0.25, -0.2) is 0 Å². The number of nitrogens with zero attached hydrogens (tertiary/aromatic N) is 2. The van der Waals surface area contributed by atoms with Crippen LogP contribution < -0.4 is 0 Å². The molecule has 0 N–H and O–H groups in total. The lowest BCUT2D eigenvalue weighted by Crippen LogP contribution is -2.39. The number of rotatable bonds is 6. The summed E-state index contributed by atoms with van der Waals surface area (Å²) in [5.41, 5.74) is 1.27. The maximum absolute atomic E-state index is 12.9. The van der Waals surface area contributed by atoms with E-state index < -0.39 is 0 Å². The van der Waals surface area contributed by atoms with Crippen molar-refractivity contribution in [2.24, 2.45) is 5.92 Å². The smallest absolute Gasteiger partial charge is 0.223 e. The molecule has 1 atom stereocenters. The van der Waals surface area contributed by atoms with Crippen molar-refractivity contribution in [2.75, 3.05) is 26.7 Å². The highest BCUT2D eigenvalue weighted by atomic mass is 16.2. The fourth-order valence-corrected chi connectivity index (χ4v) is 4.29. The molecule has 1 saturated heterocycles. The summed E-state index contributed by atoms with van der Waals surface area (Å²) in [4.78, 5) is 17.5. The molecule has 0 radical (unpaired) electrons. The van der Waals surface area contributed by atoms with E-state index in [1.165, 1.54) is 63.6 Å². The van der Waals surface area contributed by atoms with Gasteiger partial charge >= 0.3 is 0 Å². The van der Waals surface area contributed by atoms with Crippen molar-refractivity contribution >= 4 is 5.91 Å². The number of hydrogen-bond donors (Lipinski definition) is 0. The number of likely N-dealkylation sites (tertiary alicyclic amines) is 1. The summed E-state index contributed by atoms with van der Waals surface area (Å²) in [6.45, 7) is 3.32. The van der Waals surface area contributed by atoms with Gasteiger partial charge in [-0.1, -0.05) is 49.6 Å². The normalized spacial score (nSPS) is 20.9. The third kappa shape index (κ3) is 4.60. The average Bonchev–Trinajstić information content (AvgIpc) is 3.14. The number of amides is 1. The van der Waals surface area contributed by atoms with Crippen LogP contribution in [0.3, 0.4) is 0 Å². The van der Waals surface area contributed by atoms with E-state index in [-0.39, 0.29) is 6.04 Å².